The largest absolute Gasteiger partial charge is 0.494 e. The van der Waals surface area contributed by atoms with Crippen LogP contribution in [0.2, 0.25) is 5.02 Å². The van der Waals surface area contributed by atoms with Crippen molar-refractivity contribution < 1.29 is 9.53 Å². The number of hydrogen-bond donors (Lipinski definition) is 0. The quantitative estimate of drug-likeness (QED) is 0.714. The van der Waals surface area contributed by atoms with Crippen LogP contribution in [0.1, 0.15) is 32.1 Å². The second kappa shape index (κ2) is 9.78. The monoisotopic (exact) mass is 338 g/mol. The molecule has 5 heteroatoms. The zero-order valence-corrected chi connectivity index (χ0v) is 14.7. The van der Waals surface area contributed by atoms with Gasteiger partial charge in [-0.3, -0.25) is 9.69 Å². The number of carbonyl (C=O) groups is 1. The van der Waals surface area contributed by atoms with Crippen molar-refractivity contribution in [1.29, 1.82) is 0 Å². The highest BCUT2D eigenvalue weighted by atomic mass is 35.5. The number of hydrogen-bond acceptors (Lipinski definition) is 3. The maximum atomic E-state index is 12.3. The summed E-state index contributed by atoms with van der Waals surface area (Å²) in [6, 6.07) is 7.38. The molecule has 4 nitrogen and oxygen atoms in total. The van der Waals surface area contributed by atoms with Gasteiger partial charge < -0.3 is 9.64 Å². The molecule has 0 radical (unpaired) electrons. The van der Waals surface area contributed by atoms with Crippen molar-refractivity contribution in [2.45, 2.75) is 32.1 Å². The van der Waals surface area contributed by atoms with Crippen LogP contribution in [-0.2, 0) is 4.79 Å². The molecule has 1 amide bonds. The molecule has 0 aliphatic carbocycles. The first-order chi connectivity index (χ1) is 11.1. The molecule has 128 valence electrons. The number of amides is 1. The second-order valence-electron chi connectivity index (χ2n) is 6.19. The summed E-state index contributed by atoms with van der Waals surface area (Å²) in [7, 11) is 2.00. The molecule has 1 aliphatic heterocycles. The Morgan fingerprint density at radius 1 is 1.17 bits per heavy atom. The van der Waals surface area contributed by atoms with Crippen LogP contribution in [0.3, 0.4) is 0 Å². The number of likely N-dealkylation sites (tertiary alicyclic amines) is 1. The van der Waals surface area contributed by atoms with Gasteiger partial charge in [0.05, 0.1) is 13.2 Å². The van der Waals surface area contributed by atoms with E-state index in [1.54, 1.807) is 0 Å². The summed E-state index contributed by atoms with van der Waals surface area (Å²) in [6.45, 7) is 3.84. The summed E-state index contributed by atoms with van der Waals surface area (Å²) in [5, 5.41) is 0.712. The average Bonchev–Trinajstić information content (AvgIpc) is 2.82. The maximum absolute atomic E-state index is 12.3. The maximum Gasteiger partial charge on any atom is 0.236 e. The number of likely N-dealkylation sites (N-methyl/N-ethyl adjacent to an activating group) is 1. The van der Waals surface area contributed by atoms with Gasteiger partial charge in [-0.15, -0.1) is 0 Å². The Labute approximate surface area is 144 Å². The Hall–Kier alpha value is -1.26. The molecule has 0 atom stereocenters. The first-order valence-electron chi connectivity index (χ1n) is 8.50. The Balaban J connectivity index is 1.61. The SMILES string of the molecule is CN(CCCOc1ccc(Cl)cc1)CC(=O)N1CCCCCC1. The van der Waals surface area contributed by atoms with Gasteiger partial charge in [-0.1, -0.05) is 24.4 Å². The minimum Gasteiger partial charge on any atom is -0.494 e. The third-order valence-corrected chi connectivity index (χ3v) is 4.38. The van der Waals surface area contributed by atoms with E-state index in [9.17, 15) is 4.79 Å². The molecule has 1 saturated heterocycles. The van der Waals surface area contributed by atoms with E-state index in [1.165, 1.54) is 12.8 Å². The minimum absolute atomic E-state index is 0.257. The van der Waals surface area contributed by atoms with Crippen LogP contribution in [0.25, 0.3) is 0 Å². The van der Waals surface area contributed by atoms with Gasteiger partial charge in [0, 0.05) is 24.7 Å². The van der Waals surface area contributed by atoms with E-state index in [0.717, 1.165) is 44.6 Å². The fourth-order valence-corrected chi connectivity index (χ4v) is 2.91. The van der Waals surface area contributed by atoms with Crippen LogP contribution in [0.4, 0.5) is 0 Å². The third-order valence-electron chi connectivity index (χ3n) is 4.13. The van der Waals surface area contributed by atoms with E-state index in [1.807, 2.05) is 36.2 Å². The topological polar surface area (TPSA) is 32.8 Å². The molecule has 23 heavy (non-hydrogen) atoms. The van der Waals surface area contributed by atoms with Crippen LogP contribution in [-0.4, -0.2) is 55.5 Å². The van der Waals surface area contributed by atoms with Gasteiger partial charge in [0.1, 0.15) is 5.75 Å². The predicted molar refractivity (Wildman–Crippen MR) is 94.1 cm³/mol. The summed E-state index contributed by atoms with van der Waals surface area (Å²) in [4.78, 5) is 16.4. The molecular weight excluding hydrogens is 312 g/mol. The number of rotatable bonds is 7. The van der Waals surface area contributed by atoms with Gasteiger partial charge in [-0.25, -0.2) is 0 Å². The Kier molecular flexibility index (Phi) is 7.69. The zero-order valence-electron chi connectivity index (χ0n) is 14.0. The van der Waals surface area contributed by atoms with E-state index in [2.05, 4.69) is 4.90 Å². The standard InChI is InChI=1S/C18H27ClN2O2/c1-20(15-18(22)21-12-4-2-3-5-13-21)11-6-14-23-17-9-7-16(19)8-10-17/h7-10H,2-6,11-15H2,1H3. The van der Waals surface area contributed by atoms with E-state index in [0.29, 0.717) is 18.2 Å². The molecule has 0 aromatic heterocycles. The third kappa shape index (κ3) is 6.80. The van der Waals surface area contributed by atoms with Crippen LogP contribution in [0.15, 0.2) is 24.3 Å². The lowest BCUT2D eigenvalue weighted by Gasteiger charge is -2.24. The van der Waals surface area contributed by atoms with Gasteiger partial charge in [0.15, 0.2) is 0 Å². The molecule has 0 saturated carbocycles. The first-order valence-corrected chi connectivity index (χ1v) is 8.87. The van der Waals surface area contributed by atoms with E-state index >= 15 is 0 Å². The van der Waals surface area contributed by atoms with Gasteiger partial charge in [0.25, 0.3) is 0 Å². The van der Waals surface area contributed by atoms with Gasteiger partial charge >= 0.3 is 0 Å². The summed E-state index contributed by atoms with van der Waals surface area (Å²) < 4.78 is 5.67. The number of carbonyl (C=O) groups excluding carboxylic acids is 1. The molecule has 2 rings (SSSR count). The van der Waals surface area contributed by atoms with Gasteiger partial charge in [-0.2, -0.15) is 0 Å². The van der Waals surface area contributed by atoms with Crippen LogP contribution < -0.4 is 4.74 Å². The van der Waals surface area contributed by atoms with Crippen molar-refractivity contribution in [3.05, 3.63) is 29.3 Å². The Morgan fingerprint density at radius 2 is 1.83 bits per heavy atom. The smallest absolute Gasteiger partial charge is 0.236 e. The second-order valence-corrected chi connectivity index (χ2v) is 6.63. The lowest BCUT2D eigenvalue weighted by Crippen LogP contribution is -2.39. The van der Waals surface area contributed by atoms with Crippen molar-refractivity contribution in [1.82, 2.24) is 9.80 Å². The lowest BCUT2D eigenvalue weighted by molar-refractivity contribution is -0.132. The molecule has 0 unspecified atom stereocenters. The summed E-state index contributed by atoms with van der Waals surface area (Å²) in [5.74, 6) is 1.09. The number of benzene rings is 1. The highest BCUT2D eigenvalue weighted by molar-refractivity contribution is 6.30. The number of halogens is 1. The molecule has 1 aromatic carbocycles. The van der Waals surface area contributed by atoms with E-state index in [-0.39, 0.29) is 5.91 Å². The molecule has 1 aromatic rings. The van der Waals surface area contributed by atoms with Gasteiger partial charge in [0.2, 0.25) is 5.91 Å². The molecule has 1 fully saturated rings. The van der Waals surface area contributed by atoms with Crippen molar-refractivity contribution in [3.8, 4) is 5.75 Å². The Morgan fingerprint density at radius 3 is 2.48 bits per heavy atom. The Bertz CT molecular complexity index is 470. The number of nitrogens with zero attached hydrogens (tertiary/aromatic N) is 2. The normalized spacial score (nSPS) is 15.5. The lowest BCUT2D eigenvalue weighted by atomic mass is 10.2. The van der Waals surface area contributed by atoms with E-state index in [4.69, 9.17) is 16.3 Å². The fraction of sp³-hybridized carbons (Fsp3) is 0.611. The van der Waals surface area contributed by atoms with Crippen molar-refractivity contribution in [2.75, 3.05) is 39.8 Å². The van der Waals surface area contributed by atoms with Crippen molar-refractivity contribution in [2.24, 2.45) is 0 Å². The molecule has 0 N–H and O–H groups in total. The highest BCUT2D eigenvalue weighted by Gasteiger charge is 2.16. The molecule has 0 bridgehead atoms. The minimum atomic E-state index is 0.257. The van der Waals surface area contributed by atoms with Gasteiger partial charge in [-0.05, 0) is 50.6 Å². The highest BCUT2D eigenvalue weighted by Crippen LogP contribution is 2.15. The average molecular weight is 339 g/mol. The van der Waals surface area contributed by atoms with Crippen LogP contribution in [0, 0.1) is 0 Å². The summed E-state index contributed by atoms with van der Waals surface area (Å²) >= 11 is 5.84. The first kappa shape index (κ1) is 18.1. The van der Waals surface area contributed by atoms with Crippen LogP contribution in [0.5, 0.6) is 5.75 Å². The molecule has 0 spiro atoms. The number of ether oxygens (including phenoxy) is 1. The molecule has 1 heterocycles. The van der Waals surface area contributed by atoms with Crippen molar-refractivity contribution >= 4 is 17.5 Å². The summed E-state index contributed by atoms with van der Waals surface area (Å²) in [5.41, 5.74) is 0. The molecule has 1 aliphatic rings. The summed E-state index contributed by atoms with van der Waals surface area (Å²) in [6.07, 6.45) is 5.69. The van der Waals surface area contributed by atoms with Crippen LogP contribution >= 0.6 is 11.6 Å². The zero-order chi connectivity index (χ0) is 16.5. The van der Waals surface area contributed by atoms with E-state index < -0.39 is 0 Å². The molecular formula is C18H27ClN2O2. The predicted octanol–water partition coefficient (Wildman–Crippen LogP) is 3.44. The van der Waals surface area contributed by atoms with Crippen molar-refractivity contribution in [3.63, 3.8) is 0 Å². The fourth-order valence-electron chi connectivity index (χ4n) is 2.79.